The molecule has 2 rings (SSSR count). The van der Waals surface area contributed by atoms with Crippen LogP contribution in [0.5, 0.6) is 0 Å². The predicted molar refractivity (Wildman–Crippen MR) is 72.2 cm³/mol. The Balaban J connectivity index is 1.98. The molecule has 0 aliphatic carbocycles. The fourth-order valence-electron chi connectivity index (χ4n) is 1.90. The van der Waals surface area contributed by atoms with Gasteiger partial charge in [0.15, 0.2) is 5.69 Å². The zero-order chi connectivity index (χ0) is 13.5. The quantitative estimate of drug-likeness (QED) is 0.884. The van der Waals surface area contributed by atoms with Crippen LogP contribution in [0.15, 0.2) is 12.1 Å². The molecule has 0 bridgehead atoms. The maximum absolute atomic E-state index is 12.2. The minimum atomic E-state index is -0.0694. The van der Waals surface area contributed by atoms with Gasteiger partial charge in [0.1, 0.15) is 5.82 Å². The lowest BCUT2D eigenvalue weighted by Crippen LogP contribution is -2.33. The Labute approximate surface area is 113 Å². The first kappa shape index (κ1) is 13.7. The van der Waals surface area contributed by atoms with E-state index in [1.165, 1.54) is 0 Å². The molecule has 1 amide bonds. The van der Waals surface area contributed by atoms with Crippen molar-refractivity contribution in [3.05, 3.63) is 17.8 Å². The van der Waals surface area contributed by atoms with Gasteiger partial charge in [0.2, 0.25) is 0 Å². The van der Waals surface area contributed by atoms with E-state index in [0.29, 0.717) is 24.7 Å². The minimum Gasteiger partial charge on any atom is -0.380 e. The van der Waals surface area contributed by atoms with E-state index in [2.05, 4.69) is 22.4 Å². The average Bonchev–Trinajstić information content (AvgIpc) is 2.74. The molecule has 104 valence electrons. The lowest BCUT2D eigenvalue weighted by molar-refractivity contribution is 0.0734. The van der Waals surface area contributed by atoms with Gasteiger partial charge in [0, 0.05) is 26.2 Å². The van der Waals surface area contributed by atoms with E-state index < -0.39 is 0 Å². The van der Waals surface area contributed by atoms with Crippen molar-refractivity contribution in [2.24, 2.45) is 0 Å². The fraction of sp³-hybridized carbons (Fsp3) is 0.615. The second-order valence-corrected chi connectivity index (χ2v) is 4.49. The van der Waals surface area contributed by atoms with Crippen LogP contribution in [-0.4, -0.2) is 53.9 Å². The normalized spacial score (nSPS) is 15.9. The number of amides is 1. The number of nitrogens with zero attached hydrogens (tertiary/aromatic N) is 3. The molecule has 1 saturated heterocycles. The standard InChI is InChI=1S/C13H20N4O2/c1-2-6-14-12-5-4-11(15-16-12)13(18)17-7-3-9-19-10-8-17/h4-5H,2-3,6-10H2,1H3,(H,14,16). The molecular weight excluding hydrogens is 244 g/mol. The van der Waals surface area contributed by atoms with Crippen molar-refractivity contribution >= 4 is 11.7 Å². The summed E-state index contributed by atoms with van der Waals surface area (Å²) < 4.78 is 5.33. The number of aromatic nitrogens is 2. The third-order valence-electron chi connectivity index (χ3n) is 2.95. The smallest absolute Gasteiger partial charge is 0.274 e. The van der Waals surface area contributed by atoms with Crippen LogP contribution in [0.4, 0.5) is 5.82 Å². The highest BCUT2D eigenvalue weighted by atomic mass is 16.5. The molecule has 6 heteroatoms. The Bertz CT molecular complexity index is 400. The summed E-state index contributed by atoms with van der Waals surface area (Å²) >= 11 is 0. The SMILES string of the molecule is CCCNc1ccc(C(=O)N2CCCOCC2)nn1. The third kappa shape index (κ3) is 3.89. The minimum absolute atomic E-state index is 0.0694. The topological polar surface area (TPSA) is 67.4 Å². The molecule has 1 N–H and O–H groups in total. The van der Waals surface area contributed by atoms with E-state index in [1.54, 1.807) is 17.0 Å². The molecule has 0 spiro atoms. The van der Waals surface area contributed by atoms with Crippen LogP contribution in [-0.2, 0) is 4.74 Å². The zero-order valence-electron chi connectivity index (χ0n) is 11.3. The van der Waals surface area contributed by atoms with Crippen LogP contribution in [0.1, 0.15) is 30.3 Å². The first-order valence-corrected chi connectivity index (χ1v) is 6.76. The van der Waals surface area contributed by atoms with Gasteiger partial charge in [0.25, 0.3) is 5.91 Å². The Hall–Kier alpha value is -1.69. The Morgan fingerprint density at radius 2 is 2.26 bits per heavy atom. The van der Waals surface area contributed by atoms with Crippen LogP contribution in [0, 0.1) is 0 Å². The highest BCUT2D eigenvalue weighted by Crippen LogP contribution is 2.07. The molecule has 0 saturated carbocycles. The van der Waals surface area contributed by atoms with Crippen molar-refractivity contribution < 1.29 is 9.53 Å². The number of hydrogen-bond acceptors (Lipinski definition) is 5. The number of carbonyl (C=O) groups is 1. The van der Waals surface area contributed by atoms with Gasteiger partial charge in [-0.15, -0.1) is 10.2 Å². The van der Waals surface area contributed by atoms with Crippen molar-refractivity contribution in [2.45, 2.75) is 19.8 Å². The summed E-state index contributed by atoms with van der Waals surface area (Å²) in [7, 11) is 0. The van der Waals surface area contributed by atoms with E-state index in [4.69, 9.17) is 4.74 Å². The van der Waals surface area contributed by atoms with Crippen LogP contribution >= 0.6 is 0 Å². The van der Waals surface area contributed by atoms with Crippen molar-refractivity contribution in [2.75, 3.05) is 38.2 Å². The summed E-state index contributed by atoms with van der Waals surface area (Å²) in [6.45, 7) is 5.59. The van der Waals surface area contributed by atoms with Crippen molar-refractivity contribution in [3.63, 3.8) is 0 Å². The molecule has 6 nitrogen and oxygen atoms in total. The lowest BCUT2D eigenvalue weighted by Gasteiger charge is -2.18. The number of nitrogens with one attached hydrogen (secondary N) is 1. The van der Waals surface area contributed by atoms with Gasteiger partial charge in [-0.25, -0.2) is 0 Å². The zero-order valence-corrected chi connectivity index (χ0v) is 11.3. The molecule has 1 fully saturated rings. The van der Waals surface area contributed by atoms with Gasteiger partial charge in [-0.3, -0.25) is 4.79 Å². The molecule has 1 aromatic heterocycles. The number of hydrogen-bond donors (Lipinski definition) is 1. The highest BCUT2D eigenvalue weighted by molar-refractivity contribution is 5.92. The van der Waals surface area contributed by atoms with Gasteiger partial charge in [-0.2, -0.15) is 0 Å². The van der Waals surface area contributed by atoms with Gasteiger partial charge < -0.3 is 15.0 Å². The van der Waals surface area contributed by atoms with Crippen molar-refractivity contribution in [1.29, 1.82) is 0 Å². The Morgan fingerprint density at radius 1 is 1.37 bits per heavy atom. The molecule has 0 atom stereocenters. The fourth-order valence-corrected chi connectivity index (χ4v) is 1.90. The predicted octanol–water partition coefficient (Wildman–Crippen LogP) is 1.16. The summed E-state index contributed by atoms with van der Waals surface area (Å²) in [5.74, 6) is 0.637. The molecule has 19 heavy (non-hydrogen) atoms. The van der Waals surface area contributed by atoms with E-state index in [0.717, 1.165) is 32.5 Å². The summed E-state index contributed by atoms with van der Waals surface area (Å²) in [5, 5.41) is 11.1. The average molecular weight is 264 g/mol. The highest BCUT2D eigenvalue weighted by Gasteiger charge is 2.18. The van der Waals surface area contributed by atoms with E-state index in [-0.39, 0.29) is 5.91 Å². The third-order valence-corrected chi connectivity index (χ3v) is 2.95. The molecule has 0 radical (unpaired) electrons. The van der Waals surface area contributed by atoms with Crippen molar-refractivity contribution in [1.82, 2.24) is 15.1 Å². The number of rotatable bonds is 4. The molecule has 1 aromatic rings. The second-order valence-electron chi connectivity index (χ2n) is 4.49. The maximum atomic E-state index is 12.2. The molecule has 1 aliphatic heterocycles. The summed E-state index contributed by atoms with van der Waals surface area (Å²) in [5.41, 5.74) is 0.393. The van der Waals surface area contributed by atoms with Gasteiger partial charge in [0.05, 0.1) is 6.61 Å². The molecule has 2 heterocycles. The van der Waals surface area contributed by atoms with Crippen LogP contribution in [0.2, 0.25) is 0 Å². The second kappa shape index (κ2) is 7.04. The Morgan fingerprint density at radius 3 is 3.00 bits per heavy atom. The number of carbonyl (C=O) groups excluding carboxylic acids is 1. The number of ether oxygens (including phenoxy) is 1. The van der Waals surface area contributed by atoms with E-state index in [1.807, 2.05) is 0 Å². The molecule has 0 unspecified atom stereocenters. The number of anilines is 1. The molecule has 1 aliphatic rings. The van der Waals surface area contributed by atoms with E-state index in [9.17, 15) is 4.79 Å². The van der Waals surface area contributed by atoms with Crippen LogP contribution in [0.25, 0.3) is 0 Å². The van der Waals surface area contributed by atoms with Crippen molar-refractivity contribution in [3.8, 4) is 0 Å². The summed E-state index contributed by atoms with van der Waals surface area (Å²) in [6.07, 6.45) is 1.89. The first-order valence-electron chi connectivity index (χ1n) is 6.76. The van der Waals surface area contributed by atoms with Crippen LogP contribution in [0.3, 0.4) is 0 Å². The van der Waals surface area contributed by atoms with E-state index >= 15 is 0 Å². The van der Waals surface area contributed by atoms with Gasteiger partial charge in [-0.05, 0) is 25.0 Å². The molecule has 0 aromatic carbocycles. The maximum Gasteiger partial charge on any atom is 0.274 e. The summed E-state index contributed by atoms with van der Waals surface area (Å²) in [4.78, 5) is 14.0. The summed E-state index contributed by atoms with van der Waals surface area (Å²) in [6, 6.07) is 3.52. The largest absolute Gasteiger partial charge is 0.380 e. The Kier molecular flexibility index (Phi) is 5.09. The molecular formula is C13H20N4O2. The van der Waals surface area contributed by atoms with Gasteiger partial charge >= 0.3 is 0 Å². The monoisotopic (exact) mass is 264 g/mol. The lowest BCUT2D eigenvalue weighted by atomic mass is 10.3. The van der Waals surface area contributed by atoms with Crippen LogP contribution < -0.4 is 5.32 Å². The van der Waals surface area contributed by atoms with Gasteiger partial charge in [-0.1, -0.05) is 6.92 Å². The first-order chi connectivity index (χ1) is 9.31.